The summed E-state index contributed by atoms with van der Waals surface area (Å²) in [7, 11) is 1.86. The second kappa shape index (κ2) is 6.32. The van der Waals surface area contributed by atoms with E-state index in [0.717, 1.165) is 21.8 Å². The molecule has 4 heteroatoms. The Morgan fingerprint density at radius 2 is 1.95 bits per heavy atom. The predicted octanol–water partition coefficient (Wildman–Crippen LogP) is 3.04. The molecule has 0 heterocycles. The quantitative estimate of drug-likeness (QED) is 0.832. The second-order valence-electron chi connectivity index (χ2n) is 5.66. The minimum Gasteiger partial charge on any atom is -0.481 e. The van der Waals surface area contributed by atoms with Crippen molar-refractivity contribution in [2.75, 3.05) is 19.8 Å². The van der Waals surface area contributed by atoms with Gasteiger partial charge in [-0.3, -0.25) is 0 Å². The lowest BCUT2D eigenvalue weighted by molar-refractivity contribution is -0.0494. The SMILES string of the molecule is CNC[C@@]1(O)Cc2ccccc2[C@H]1Oc1ccccc1SC. The number of thioether (sulfide) groups is 1. The number of hydrogen-bond acceptors (Lipinski definition) is 4. The molecule has 2 atom stereocenters. The van der Waals surface area contributed by atoms with E-state index in [0.29, 0.717) is 13.0 Å². The summed E-state index contributed by atoms with van der Waals surface area (Å²) in [6.45, 7) is 0.494. The summed E-state index contributed by atoms with van der Waals surface area (Å²) in [5.74, 6) is 0.825. The summed E-state index contributed by atoms with van der Waals surface area (Å²) in [5, 5.41) is 14.2. The van der Waals surface area contributed by atoms with Crippen molar-refractivity contribution < 1.29 is 9.84 Å². The molecule has 0 aliphatic heterocycles. The maximum atomic E-state index is 11.1. The normalized spacial score (nSPS) is 23.3. The summed E-state index contributed by atoms with van der Waals surface area (Å²) >= 11 is 1.65. The van der Waals surface area contributed by atoms with E-state index in [1.54, 1.807) is 11.8 Å². The zero-order valence-corrected chi connectivity index (χ0v) is 13.7. The Balaban J connectivity index is 1.98. The molecule has 3 rings (SSSR count). The van der Waals surface area contributed by atoms with Gasteiger partial charge in [0.05, 0.1) is 0 Å². The van der Waals surface area contributed by atoms with Crippen LogP contribution in [0.15, 0.2) is 53.4 Å². The highest BCUT2D eigenvalue weighted by Crippen LogP contribution is 2.43. The van der Waals surface area contributed by atoms with Crippen LogP contribution in [0.1, 0.15) is 17.2 Å². The van der Waals surface area contributed by atoms with Crippen LogP contribution in [0.25, 0.3) is 0 Å². The van der Waals surface area contributed by atoms with Crippen LogP contribution >= 0.6 is 11.8 Å². The molecule has 0 spiro atoms. The Labute approximate surface area is 135 Å². The van der Waals surface area contributed by atoms with E-state index in [9.17, 15) is 5.11 Å². The lowest BCUT2D eigenvalue weighted by Gasteiger charge is -2.31. The molecule has 0 saturated heterocycles. The zero-order chi connectivity index (χ0) is 15.6. The molecule has 0 radical (unpaired) electrons. The van der Waals surface area contributed by atoms with Crippen LogP contribution in [0.2, 0.25) is 0 Å². The van der Waals surface area contributed by atoms with E-state index in [1.165, 1.54) is 0 Å². The molecule has 22 heavy (non-hydrogen) atoms. The van der Waals surface area contributed by atoms with Crippen molar-refractivity contribution in [3.05, 3.63) is 59.7 Å². The minimum atomic E-state index is -0.927. The monoisotopic (exact) mass is 315 g/mol. The molecular weight excluding hydrogens is 294 g/mol. The van der Waals surface area contributed by atoms with Gasteiger partial charge in [-0.15, -0.1) is 11.8 Å². The highest BCUT2D eigenvalue weighted by Gasteiger charge is 2.46. The average Bonchev–Trinajstić information content (AvgIpc) is 2.80. The molecule has 0 unspecified atom stereocenters. The molecule has 2 N–H and O–H groups in total. The molecule has 2 aromatic carbocycles. The molecule has 0 bridgehead atoms. The van der Waals surface area contributed by atoms with Gasteiger partial charge in [0, 0.05) is 17.9 Å². The van der Waals surface area contributed by atoms with Crippen molar-refractivity contribution in [1.29, 1.82) is 0 Å². The molecule has 0 fully saturated rings. The van der Waals surface area contributed by atoms with E-state index in [1.807, 2.05) is 49.7 Å². The number of fused-ring (bicyclic) bond motifs is 1. The molecule has 0 amide bonds. The highest BCUT2D eigenvalue weighted by atomic mass is 32.2. The fourth-order valence-corrected chi connectivity index (χ4v) is 3.67. The molecule has 2 aromatic rings. The highest BCUT2D eigenvalue weighted by molar-refractivity contribution is 7.98. The lowest BCUT2D eigenvalue weighted by Crippen LogP contribution is -2.45. The Bertz CT molecular complexity index is 661. The summed E-state index contributed by atoms with van der Waals surface area (Å²) in [4.78, 5) is 1.08. The smallest absolute Gasteiger partial charge is 0.154 e. The molecule has 0 aromatic heterocycles. The van der Waals surface area contributed by atoms with Crippen LogP contribution in [0.5, 0.6) is 5.75 Å². The summed E-state index contributed by atoms with van der Waals surface area (Å²) in [6, 6.07) is 16.1. The van der Waals surface area contributed by atoms with Crippen molar-refractivity contribution in [3.63, 3.8) is 0 Å². The largest absolute Gasteiger partial charge is 0.481 e. The van der Waals surface area contributed by atoms with Gasteiger partial charge in [0.1, 0.15) is 11.4 Å². The average molecular weight is 315 g/mol. The van der Waals surface area contributed by atoms with Crippen molar-refractivity contribution in [2.45, 2.75) is 23.0 Å². The minimum absolute atomic E-state index is 0.357. The summed E-state index contributed by atoms with van der Waals surface area (Å²) in [5.41, 5.74) is 1.31. The maximum absolute atomic E-state index is 11.1. The first-order valence-electron chi connectivity index (χ1n) is 7.42. The van der Waals surface area contributed by atoms with Crippen LogP contribution in [-0.4, -0.2) is 30.6 Å². The first-order chi connectivity index (χ1) is 10.7. The van der Waals surface area contributed by atoms with Crippen molar-refractivity contribution in [3.8, 4) is 5.75 Å². The Morgan fingerprint density at radius 1 is 1.23 bits per heavy atom. The second-order valence-corrected chi connectivity index (χ2v) is 6.51. The number of rotatable bonds is 5. The molecule has 1 aliphatic rings. The van der Waals surface area contributed by atoms with E-state index in [-0.39, 0.29) is 6.10 Å². The first-order valence-corrected chi connectivity index (χ1v) is 8.65. The fourth-order valence-electron chi connectivity index (χ4n) is 3.14. The van der Waals surface area contributed by atoms with Gasteiger partial charge in [-0.25, -0.2) is 0 Å². The van der Waals surface area contributed by atoms with Gasteiger partial charge in [0.25, 0.3) is 0 Å². The lowest BCUT2D eigenvalue weighted by atomic mass is 9.97. The zero-order valence-electron chi connectivity index (χ0n) is 12.9. The van der Waals surface area contributed by atoms with Crippen LogP contribution in [0, 0.1) is 0 Å². The van der Waals surface area contributed by atoms with Gasteiger partial charge in [-0.2, -0.15) is 0 Å². The van der Waals surface area contributed by atoms with Crippen molar-refractivity contribution >= 4 is 11.8 Å². The molecule has 1 aliphatic carbocycles. The van der Waals surface area contributed by atoms with Crippen LogP contribution in [0.4, 0.5) is 0 Å². The van der Waals surface area contributed by atoms with Gasteiger partial charge < -0.3 is 15.2 Å². The van der Waals surface area contributed by atoms with Gasteiger partial charge >= 0.3 is 0 Å². The van der Waals surface area contributed by atoms with E-state index in [2.05, 4.69) is 17.4 Å². The molecular formula is C18H21NO2S. The molecule has 116 valence electrons. The van der Waals surface area contributed by atoms with Gasteiger partial charge in [-0.1, -0.05) is 36.4 Å². The van der Waals surface area contributed by atoms with Crippen LogP contribution in [0.3, 0.4) is 0 Å². The maximum Gasteiger partial charge on any atom is 0.154 e. The molecule has 0 saturated carbocycles. The number of likely N-dealkylation sites (N-methyl/N-ethyl adjacent to an activating group) is 1. The Hall–Kier alpha value is -1.49. The number of para-hydroxylation sites is 1. The third kappa shape index (κ3) is 2.74. The van der Waals surface area contributed by atoms with Crippen molar-refractivity contribution in [1.82, 2.24) is 5.32 Å². The number of hydrogen-bond donors (Lipinski definition) is 2. The number of nitrogens with one attached hydrogen (secondary N) is 1. The fraction of sp³-hybridized carbons (Fsp3) is 0.333. The van der Waals surface area contributed by atoms with Gasteiger partial charge in [0.15, 0.2) is 6.10 Å². The molecule has 3 nitrogen and oxygen atoms in total. The Kier molecular flexibility index (Phi) is 4.43. The van der Waals surface area contributed by atoms with Crippen LogP contribution < -0.4 is 10.1 Å². The van der Waals surface area contributed by atoms with Gasteiger partial charge in [0.2, 0.25) is 0 Å². The van der Waals surface area contributed by atoms with E-state index >= 15 is 0 Å². The first kappa shape index (κ1) is 15.4. The number of benzene rings is 2. The summed E-state index contributed by atoms with van der Waals surface area (Å²) in [6.07, 6.45) is 2.28. The van der Waals surface area contributed by atoms with Crippen LogP contribution in [-0.2, 0) is 6.42 Å². The summed E-state index contributed by atoms with van der Waals surface area (Å²) < 4.78 is 6.28. The third-order valence-electron chi connectivity index (χ3n) is 4.12. The van der Waals surface area contributed by atoms with Crippen molar-refractivity contribution in [2.24, 2.45) is 0 Å². The standard InChI is InChI=1S/C18H21NO2S/c1-19-12-18(20)11-13-7-3-4-8-14(13)17(18)21-15-9-5-6-10-16(15)22-2/h3-10,17,19-20H,11-12H2,1-2H3/t17-,18+/m1/s1. The predicted molar refractivity (Wildman–Crippen MR) is 90.6 cm³/mol. The number of aliphatic hydroxyl groups is 1. The van der Waals surface area contributed by atoms with E-state index in [4.69, 9.17) is 4.74 Å². The van der Waals surface area contributed by atoms with E-state index < -0.39 is 5.60 Å². The van der Waals surface area contributed by atoms with Gasteiger partial charge in [-0.05, 0) is 36.6 Å². The number of ether oxygens (including phenoxy) is 1. The third-order valence-corrected chi connectivity index (χ3v) is 4.90. The Morgan fingerprint density at radius 3 is 2.73 bits per heavy atom. The topological polar surface area (TPSA) is 41.5 Å².